The van der Waals surface area contributed by atoms with Gasteiger partial charge in [-0.1, -0.05) is 20.3 Å². The second-order valence-corrected chi connectivity index (χ2v) is 3.49. The van der Waals surface area contributed by atoms with E-state index in [0.717, 1.165) is 13.1 Å². The van der Waals surface area contributed by atoms with Crippen LogP contribution in [0.15, 0.2) is 5.10 Å². The maximum absolute atomic E-state index is 4.41. The molecular weight excluding hydrogens is 162 g/mol. The van der Waals surface area contributed by atoms with Crippen molar-refractivity contribution in [3.63, 3.8) is 0 Å². The molecule has 76 valence electrons. The molecule has 1 unspecified atom stereocenters. The van der Waals surface area contributed by atoms with Crippen LogP contribution in [0.5, 0.6) is 0 Å². The fourth-order valence-corrected chi connectivity index (χ4v) is 1.76. The normalized spacial score (nSPS) is 21.6. The van der Waals surface area contributed by atoms with Crippen LogP contribution in [0, 0.1) is 0 Å². The molecule has 0 aliphatic carbocycles. The molecule has 1 heterocycles. The highest BCUT2D eigenvalue weighted by atomic mass is 15.6. The van der Waals surface area contributed by atoms with Gasteiger partial charge in [0.25, 0.3) is 0 Å². The molecule has 3 nitrogen and oxygen atoms in total. The van der Waals surface area contributed by atoms with Crippen molar-refractivity contribution in [2.24, 2.45) is 5.10 Å². The van der Waals surface area contributed by atoms with E-state index in [9.17, 15) is 0 Å². The fourth-order valence-electron chi connectivity index (χ4n) is 1.76. The van der Waals surface area contributed by atoms with Crippen molar-refractivity contribution in [2.75, 3.05) is 13.1 Å². The van der Waals surface area contributed by atoms with E-state index >= 15 is 0 Å². The second kappa shape index (κ2) is 5.10. The lowest BCUT2D eigenvalue weighted by Gasteiger charge is -2.29. The first-order valence-corrected chi connectivity index (χ1v) is 5.39. The monoisotopic (exact) mass is 183 g/mol. The van der Waals surface area contributed by atoms with Gasteiger partial charge in [-0.3, -0.25) is 5.01 Å². The standard InChI is InChI=1S/C10H21N3/c1-4-7-10-12(6-3)9-11-13(10)8-5-2/h9-10H,4-8H2,1-3H3. The zero-order valence-electron chi connectivity index (χ0n) is 9.03. The van der Waals surface area contributed by atoms with E-state index in [4.69, 9.17) is 0 Å². The molecule has 0 saturated heterocycles. The Balaban J connectivity index is 2.50. The number of hydrogen-bond donors (Lipinski definition) is 0. The molecule has 0 saturated carbocycles. The molecule has 0 N–H and O–H groups in total. The van der Waals surface area contributed by atoms with Gasteiger partial charge >= 0.3 is 0 Å². The summed E-state index contributed by atoms with van der Waals surface area (Å²) in [7, 11) is 0. The van der Waals surface area contributed by atoms with Crippen LogP contribution in [0.1, 0.15) is 40.0 Å². The smallest absolute Gasteiger partial charge is 0.119 e. The van der Waals surface area contributed by atoms with E-state index in [1.807, 2.05) is 6.34 Å². The third-order valence-electron chi connectivity index (χ3n) is 2.44. The third kappa shape index (κ3) is 2.36. The third-order valence-corrected chi connectivity index (χ3v) is 2.44. The quantitative estimate of drug-likeness (QED) is 0.650. The van der Waals surface area contributed by atoms with Crippen LogP contribution in [0.4, 0.5) is 0 Å². The van der Waals surface area contributed by atoms with Crippen molar-refractivity contribution in [3.05, 3.63) is 0 Å². The van der Waals surface area contributed by atoms with Gasteiger partial charge in [-0.15, -0.1) is 0 Å². The fraction of sp³-hybridized carbons (Fsp3) is 0.900. The van der Waals surface area contributed by atoms with Crippen molar-refractivity contribution >= 4 is 6.34 Å². The van der Waals surface area contributed by atoms with E-state index in [1.54, 1.807) is 0 Å². The van der Waals surface area contributed by atoms with Gasteiger partial charge in [0.05, 0.1) is 0 Å². The first-order valence-electron chi connectivity index (χ1n) is 5.39. The average molecular weight is 183 g/mol. The van der Waals surface area contributed by atoms with Crippen molar-refractivity contribution in [3.8, 4) is 0 Å². The number of hydrogen-bond acceptors (Lipinski definition) is 3. The van der Waals surface area contributed by atoms with E-state index in [0.29, 0.717) is 6.17 Å². The van der Waals surface area contributed by atoms with E-state index in [2.05, 4.69) is 35.8 Å². The van der Waals surface area contributed by atoms with Gasteiger partial charge in [0.1, 0.15) is 12.5 Å². The lowest BCUT2D eigenvalue weighted by atomic mass is 10.2. The Bertz CT molecular complexity index is 168. The maximum Gasteiger partial charge on any atom is 0.119 e. The molecule has 1 atom stereocenters. The number of nitrogens with zero attached hydrogens (tertiary/aromatic N) is 3. The Morgan fingerprint density at radius 1 is 1.23 bits per heavy atom. The minimum Gasteiger partial charge on any atom is -0.340 e. The Morgan fingerprint density at radius 2 is 2.00 bits per heavy atom. The predicted octanol–water partition coefficient (Wildman–Crippen LogP) is 2.10. The molecule has 0 spiro atoms. The Hall–Kier alpha value is -0.730. The summed E-state index contributed by atoms with van der Waals surface area (Å²) < 4.78 is 0. The van der Waals surface area contributed by atoms with Gasteiger partial charge in [-0.2, -0.15) is 5.10 Å². The Morgan fingerprint density at radius 3 is 2.54 bits per heavy atom. The van der Waals surface area contributed by atoms with Gasteiger partial charge < -0.3 is 4.90 Å². The van der Waals surface area contributed by atoms with Crippen LogP contribution in [0.25, 0.3) is 0 Å². The Labute approximate surface area is 81.4 Å². The molecule has 3 heteroatoms. The van der Waals surface area contributed by atoms with Gasteiger partial charge in [0, 0.05) is 13.1 Å². The van der Waals surface area contributed by atoms with Crippen LogP contribution in [0.2, 0.25) is 0 Å². The highest BCUT2D eigenvalue weighted by Gasteiger charge is 2.24. The van der Waals surface area contributed by atoms with Gasteiger partial charge in [0.2, 0.25) is 0 Å². The summed E-state index contributed by atoms with van der Waals surface area (Å²) >= 11 is 0. The lowest BCUT2D eigenvalue weighted by Crippen LogP contribution is -2.39. The number of rotatable bonds is 5. The summed E-state index contributed by atoms with van der Waals surface area (Å²) in [5.41, 5.74) is 0. The van der Waals surface area contributed by atoms with E-state index in [1.165, 1.54) is 19.3 Å². The van der Waals surface area contributed by atoms with Gasteiger partial charge in [-0.25, -0.2) is 0 Å². The molecule has 1 aliphatic heterocycles. The van der Waals surface area contributed by atoms with Crippen molar-refractivity contribution < 1.29 is 0 Å². The molecule has 13 heavy (non-hydrogen) atoms. The van der Waals surface area contributed by atoms with Crippen LogP contribution in [-0.4, -0.2) is 35.5 Å². The van der Waals surface area contributed by atoms with E-state index in [-0.39, 0.29) is 0 Å². The predicted molar refractivity (Wildman–Crippen MR) is 56.6 cm³/mol. The molecule has 0 amide bonds. The summed E-state index contributed by atoms with van der Waals surface area (Å²) in [6.45, 7) is 8.76. The minimum absolute atomic E-state index is 0.523. The van der Waals surface area contributed by atoms with Crippen LogP contribution in [-0.2, 0) is 0 Å². The molecule has 0 fully saturated rings. The average Bonchev–Trinajstić information content (AvgIpc) is 2.50. The van der Waals surface area contributed by atoms with E-state index < -0.39 is 0 Å². The molecular formula is C10H21N3. The largest absolute Gasteiger partial charge is 0.340 e. The zero-order valence-corrected chi connectivity index (χ0v) is 9.03. The topological polar surface area (TPSA) is 18.8 Å². The van der Waals surface area contributed by atoms with Crippen molar-refractivity contribution in [1.29, 1.82) is 0 Å². The molecule has 0 aromatic heterocycles. The van der Waals surface area contributed by atoms with Crippen LogP contribution < -0.4 is 0 Å². The zero-order chi connectivity index (χ0) is 9.68. The molecule has 1 aliphatic rings. The molecule has 0 aromatic carbocycles. The van der Waals surface area contributed by atoms with Gasteiger partial charge in [-0.05, 0) is 19.8 Å². The highest BCUT2D eigenvalue weighted by molar-refractivity contribution is 5.56. The second-order valence-electron chi connectivity index (χ2n) is 3.49. The summed E-state index contributed by atoms with van der Waals surface area (Å²) in [6.07, 6.45) is 6.12. The molecule has 0 radical (unpaired) electrons. The van der Waals surface area contributed by atoms with Gasteiger partial charge in [0.15, 0.2) is 0 Å². The summed E-state index contributed by atoms with van der Waals surface area (Å²) in [5, 5.41) is 6.63. The Kier molecular flexibility index (Phi) is 4.06. The van der Waals surface area contributed by atoms with Crippen molar-refractivity contribution in [1.82, 2.24) is 9.91 Å². The first kappa shape index (κ1) is 10.4. The summed E-state index contributed by atoms with van der Waals surface area (Å²) in [5.74, 6) is 0. The maximum atomic E-state index is 4.41. The molecule has 0 aromatic rings. The lowest BCUT2D eigenvalue weighted by molar-refractivity contribution is 0.125. The summed E-state index contributed by atoms with van der Waals surface area (Å²) in [4.78, 5) is 2.32. The van der Waals surface area contributed by atoms with Crippen LogP contribution >= 0.6 is 0 Å². The SMILES string of the molecule is CCCC1N(CC)C=NN1CCC. The van der Waals surface area contributed by atoms with Crippen molar-refractivity contribution in [2.45, 2.75) is 46.2 Å². The first-order chi connectivity index (χ1) is 6.33. The highest BCUT2D eigenvalue weighted by Crippen LogP contribution is 2.16. The minimum atomic E-state index is 0.523. The summed E-state index contributed by atoms with van der Waals surface area (Å²) in [6, 6.07) is 0. The molecule has 0 bridgehead atoms. The number of hydrazone groups is 1. The molecule has 1 rings (SSSR count). The van der Waals surface area contributed by atoms with Crippen LogP contribution in [0.3, 0.4) is 0 Å².